The molecule has 3 aromatic rings. The summed E-state index contributed by atoms with van der Waals surface area (Å²) in [4.78, 5) is 27.2. The molecule has 0 saturated carbocycles. The number of furan rings is 1. The fourth-order valence-corrected chi connectivity index (χ4v) is 3.48. The SMILES string of the molecule is O=C(NCc1ccco1)C1CCCN1C(=O)c1ccc2ccccc2c1. The van der Waals surface area contributed by atoms with E-state index in [1.807, 2.05) is 48.5 Å². The van der Waals surface area contributed by atoms with Crippen molar-refractivity contribution >= 4 is 22.6 Å². The lowest BCUT2D eigenvalue weighted by Crippen LogP contribution is -2.45. The van der Waals surface area contributed by atoms with E-state index in [0.29, 0.717) is 30.8 Å². The van der Waals surface area contributed by atoms with Gasteiger partial charge in [-0.3, -0.25) is 9.59 Å². The van der Waals surface area contributed by atoms with Gasteiger partial charge >= 0.3 is 0 Å². The number of benzene rings is 2. The molecule has 1 aromatic heterocycles. The van der Waals surface area contributed by atoms with Crippen LogP contribution in [0.5, 0.6) is 0 Å². The van der Waals surface area contributed by atoms with Crippen LogP contribution in [0.3, 0.4) is 0 Å². The van der Waals surface area contributed by atoms with Crippen LogP contribution < -0.4 is 5.32 Å². The zero-order valence-corrected chi connectivity index (χ0v) is 14.4. The maximum Gasteiger partial charge on any atom is 0.254 e. The molecule has 0 bridgehead atoms. The van der Waals surface area contributed by atoms with Gasteiger partial charge in [0.05, 0.1) is 12.8 Å². The molecule has 1 fully saturated rings. The first kappa shape index (κ1) is 16.4. The third-order valence-electron chi connectivity index (χ3n) is 4.83. The summed E-state index contributed by atoms with van der Waals surface area (Å²) in [5.74, 6) is 0.475. The van der Waals surface area contributed by atoms with Gasteiger partial charge in [0.1, 0.15) is 11.8 Å². The number of fused-ring (bicyclic) bond motifs is 1. The standard InChI is InChI=1S/C21H20N2O3/c24-20(22-14-18-7-4-12-26-18)19-8-3-11-23(19)21(25)17-10-9-15-5-1-2-6-16(15)13-17/h1-2,4-7,9-10,12-13,19H,3,8,11,14H2,(H,22,24). The Labute approximate surface area is 151 Å². The number of carbonyl (C=O) groups is 2. The molecule has 0 spiro atoms. The first-order chi connectivity index (χ1) is 12.7. The average molecular weight is 348 g/mol. The lowest BCUT2D eigenvalue weighted by molar-refractivity contribution is -0.125. The van der Waals surface area contributed by atoms with Gasteiger partial charge in [-0.15, -0.1) is 0 Å². The Kier molecular flexibility index (Phi) is 4.44. The minimum absolute atomic E-state index is 0.0913. The second kappa shape index (κ2) is 7.04. The second-order valence-corrected chi connectivity index (χ2v) is 6.52. The summed E-state index contributed by atoms with van der Waals surface area (Å²) in [5, 5.41) is 4.99. The van der Waals surface area contributed by atoms with E-state index in [2.05, 4.69) is 5.32 Å². The van der Waals surface area contributed by atoms with E-state index in [1.165, 1.54) is 0 Å². The lowest BCUT2D eigenvalue weighted by Gasteiger charge is -2.24. The van der Waals surface area contributed by atoms with Crippen molar-refractivity contribution in [1.29, 1.82) is 0 Å². The first-order valence-corrected chi connectivity index (χ1v) is 8.82. The molecule has 2 amide bonds. The normalized spacial score (nSPS) is 16.8. The Hall–Kier alpha value is -3.08. The minimum Gasteiger partial charge on any atom is -0.467 e. The van der Waals surface area contributed by atoms with Crippen LogP contribution in [0.2, 0.25) is 0 Å². The van der Waals surface area contributed by atoms with Crippen molar-refractivity contribution in [2.24, 2.45) is 0 Å². The highest BCUT2D eigenvalue weighted by Gasteiger charge is 2.34. The maximum atomic E-state index is 13.0. The van der Waals surface area contributed by atoms with Crippen LogP contribution in [0.4, 0.5) is 0 Å². The van der Waals surface area contributed by atoms with Crippen LogP contribution in [0.15, 0.2) is 65.3 Å². The summed E-state index contributed by atoms with van der Waals surface area (Å²) in [6, 6.07) is 16.8. The van der Waals surface area contributed by atoms with Gasteiger partial charge in [-0.2, -0.15) is 0 Å². The number of nitrogens with one attached hydrogen (secondary N) is 1. The van der Waals surface area contributed by atoms with E-state index in [-0.39, 0.29) is 11.8 Å². The van der Waals surface area contributed by atoms with Crippen molar-refractivity contribution in [2.75, 3.05) is 6.54 Å². The number of amides is 2. The number of hydrogen-bond donors (Lipinski definition) is 1. The number of nitrogens with zero attached hydrogens (tertiary/aromatic N) is 1. The summed E-state index contributed by atoms with van der Waals surface area (Å²) in [7, 11) is 0. The molecule has 4 rings (SSSR count). The van der Waals surface area contributed by atoms with E-state index < -0.39 is 6.04 Å². The van der Waals surface area contributed by atoms with Crippen LogP contribution in [0.1, 0.15) is 29.0 Å². The van der Waals surface area contributed by atoms with Gasteiger partial charge in [0.15, 0.2) is 0 Å². The molecule has 1 N–H and O–H groups in total. The molecule has 1 aliphatic rings. The van der Waals surface area contributed by atoms with Crippen LogP contribution in [-0.2, 0) is 11.3 Å². The molecule has 132 valence electrons. The Morgan fingerprint density at radius 3 is 2.73 bits per heavy atom. The average Bonchev–Trinajstić information content (AvgIpc) is 3.37. The summed E-state index contributed by atoms with van der Waals surface area (Å²) in [6.07, 6.45) is 3.09. The topological polar surface area (TPSA) is 62.6 Å². The molecule has 5 nitrogen and oxygen atoms in total. The van der Waals surface area contributed by atoms with Gasteiger partial charge in [0.25, 0.3) is 5.91 Å². The third-order valence-corrected chi connectivity index (χ3v) is 4.83. The largest absolute Gasteiger partial charge is 0.467 e. The lowest BCUT2D eigenvalue weighted by atomic mass is 10.1. The van der Waals surface area contributed by atoms with Crippen molar-refractivity contribution in [3.8, 4) is 0 Å². The molecule has 0 aliphatic carbocycles. The van der Waals surface area contributed by atoms with Crippen molar-refractivity contribution in [3.05, 3.63) is 72.2 Å². The highest BCUT2D eigenvalue weighted by atomic mass is 16.3. The molecule has 1 saturated heterocycles. The molecule has 0 radical (unpaired) electrons. The van der Waals surface area contributed by atoms with Crippen LogP contribution in [0.25, 0.3) is 10.8 Å². The predicted octanol–water partition coefficient (Wildman–Crippen LogP) is 3.35. The molecular weight excluding hydrogens is 328 g/mol. The van der Waals surface area contributed by atoms with E-state index in [9.17, 15) is 9.59 Å². The van der Waals surface area contributed by atoms with Crippen molar-refractivity contribution in [1.82, 2.24) is 10.2 Å². The molecule has 1 unspecified atom stereocenters. The molecule has 5 heteroatoms. The van der Waals surface area contributed by atoms with Crippen molar-refractivity contribution in [3.63, 3.8) is 0 Å². The van der Waals surface area contributed by atoms with Gasteiger partial charge in [-0.05, 0) is 47.9 Å². The molecule has 1 atom stereocenters. The van der Waals surface area contributed by atoms with Crippen molar-refractivity contribution < 1.29 is 14.0 Å². The van der Waals surface area contributed by atoms with Gasteiger partial charge in [-0.1, -0.05) is 30.3 Å². The highest BCUT2D eigenvalue weighted by Crippen LogP contribution is 2.23. The van der Waals surface area contributed by atoms with Gasteiger partial charge in [-0.25, -0.2) is 0 Å². The summed E-state index contributed by atoms with van der Waals surface area (Å²) < 4.78 is 5.24. The Morgan fingerprint density at radius 1 is 1.08 bits per heavy atom. The molecule has 2 aromatic carbocycles. The maximum absolute atomic E-state index is 13.0. The van der Waals surface area contributed by atoms with Crippen molar-refractivity contribution in [2.45, 2.75) is 25.4 Å². The van der Waals surface area contributed by atoms with E-state index in [4.69, 9.17) is 4.42 Å². The quantitative estimate of drug-likeness (QED) is 0.786. The van der Waals surface area contributed by atoms with Gasteiger partial charge < -0.3 is 14.6 Å². The number of likely N-dealkylation sites (tertiary alicyclic amines) is 1. The van der Waals surface area contributed by atoms with Crippen LogP contribution in [0, 0.1) is 0 Å². The molecule has 2 heterocycles. The van der Waals surface area contributed by atoms with E-state index >= 15 is 0 Å². The van der Waals surface area contributed by atoms with Crippen LogP contribution >= 0.6 is 0 Å². The fourth-order valence-electron chi connectivity index (χ4n) is 3.48. The van der Waals surface area contributed by atoms with E-state index in [0.717, 1.165) is 17.2 Å². The minimum atomic E-state index is -0.427. The Bertz CT molecular complexity index is 933. The molecule has 1 aliphatic heterocycles. The molecular formula is C21H20N2O3. The molecule has 26 heavy (non-hydrogen) atoms. The van der Waals surface area contributed by atoms with Gasteiger partial charge in [0.2, 0.25) is 5.91 Å². The predicted molar refractivity (Wildman–Crippen MR) is 98.6 cm³/mol. The second-order valence-electron chi connectivity index (χ2n) is 6.52. The third kappa shape index (κ3) is 3.20. The Balaban J connectivity index is 1.49. The highest BCUT2D eigenvalue weighted by molar-refractivity contribution is 6.01. The zero-order chi connectivity index (χ0) is 17.9. The van der Waals surface area contributed by atoms with E-state index in [1.54, 1.807) is 17.2 Å². The summed E-state index contributed by atoms with van der Waals surface area (Å²) in [6.45, 7) is 0.935. The van der Waals surface area contributed by atoms with Crippen LogP contribution in [-0.4, -0.2) is 29.3 Å². The zero-order valence-electron chi connectivity index (χ0n) is 14.4. The first-order valence-electron chi connectivity index (χ1n) is 8.82. The summed E-state index contributed by atoms with van der Waals surface area (Å²) in [5.41, 5.74) is 0.620. The number of hydrogen-bond acceptors (Lipinski definition) is 3. The number of carbonyl (C=O) groups excluding carboxylic acids is 2. The monoisotopic (exact) mass is 348 g/mol. The Morgan fingerprint density at radius 2 is 1.92 bits per heavy atom. The number of rotatable bonds is 4. The summed E-state index contributed by atoms with van der Waals surface area (Å²) >= 11 is 0. The fraction of sp³-hybridized carbons (Fsp3) is 0.238. The smallest absolute Gasteiger partial charge is 0.254 e. The van der Waals surface area contributed by atoms with Gasteiger partial charge in [0, 0.05) is 12.1 Å².